The smallest absolute Gasteiger partial charge is 0.258 e. The predicted molar refractivity (Wildman–Crippen MR) is 105 cm³/mol. The summed E-state index contributed by atoms with van der Waals surface area (Å²) in [6, 6.07) is 8.83. The molecule has 0 fully saturated rings. The molecule has 0 aromatic heterocycles. The van der Waals surface area contributed by atoms with E-state index in [1.165, 1.54) is 6.08 Å². The summed E-state index contributed by atoms with van der Waals surface area (Å²) in [7, 11) is -3.86. The van der Waals surface area contributed by atoms with Crippen LogP contribution in [0.3, 0.4) is 0 Å². The highest BCUT2D eigenvalue weighted by molar-refractivity contribution is 7.89. The van der Waals surface area contributed by atoms with Crippen LogP contribution < -0.4 is 10.0 Å². The topological polar surface area (TPSA) is 75.3 Å². The standard InChI is InChI=1S/C20H23FN2O3S/c1-4-12-22-27(25,26)16-10-11-18(21)17(13-16)20(24)23-19-14(5-2)8-7-9-15(19)6-3/h4,7-11,13,22H,1,5-6,12H2,2-3H3,(H,23,24). The SMILES string of the molecule is C=CCNS(=O)(=O)c1ccc(F)c(C(=O)Nc2c(CC)cccc2CC)c1. The summed E-state index contributed by atoms with van der Waals surface area (Å²) in [5, 5.41) is 2.75. The number of carbonyl (C=O) groups excluding carboxylic acids is 1. The molecule has 1 amide bonds. The van der Waals surface area contributed by atoms with E-state index in [1.54, 1.807) is 0 Å². The molecule has 2 aromatic carbocycles. The van der Waals surface area contributed by atoms with Gasteiger partial charge in [0.05, 0.1) is 10.5 Å². The Labute approximate surface area is 159 Å². The lowest BCUT2D eigenvalue weighted by atomic mass is 10.0. The number of aryl methyl sites for hydroxylation is 2. The molecule has 0 unspecified atom stereocenters. The van der Waals surface area contributed by atoms with Gasteiger partial charge in [-0.3, -0.25) is 4.79 Å². The average molecular weight is 390 g/mol. The third-order valence-corrected chi connectivity index (χ3v) is 5.57. The van der Waals surface area contributed by atoms with Gasteiger partial charge in [-0.1, -0.05) is 38.1 Å². The van der Waals surface area contributed by atoms with Gasteiger partial charge in [0.25, 0.3) is 5.91 Å². The highest BCUT2D eigenvalue weighted by Crippen LogP contribution is 2.24. The Hall–Kier alpha value is -2.51. The average Bonchev–Trinajstić information content (AvgIpc) is 2.66. The fraction of sp³-hybridized carbons (Fsp3) is 0.250. The van der Waals surface area contributed by atoms with Crippen LogP contribution in [0.5, 0.6) is 0 Å². The second-order valence-electron chi connectivity index (χ2n) is 5.89. The van der Waals surface area contributed by atoms with Gasteiger partial charge in [0.15, 0.2) is 0 Å². The van der Waals surface area contributed by atoms with Crippen LogP contribution in [0.25, 0.3) is 0 Å². The molecule has 7 heteroatoms. The van der Waals surface area contributed by atoms with E-state index in [0.29, 0.717) is 18.5 Å². The number of halogens is 1. The predicted octanol–water partition coefficient (Wildman–Crippen LogP) is 3.67. The second-order valence-corrected chi connectivity index (χ2v) is 7.66. The number of amides is 1. The maximum Gasteiger partial charge on any atom is 0.258 e. The molecular formula is C20H23FN2O3S. The Morgan fingerprint density at radius 3 is 2.33 bits per heavy atom. The zero-order chi connectivity index (χ0) is 20.0. The van der Waals surface area contributed by atoms with Crippen molar-refractivity contribution in [2.45, 2.75) is 31.6 Å². The molecule has 2 rings (SSSR count). The third-order valence-electron chi connectivity index (χ3n) is 4.15. The first kappa shape index (κ1) is 20.8. The second kappa shape index (κ2) is 8.92. The van der Waals surface area contributed by atoms with Crippen molar-refractivity contribution < 1.29 is 17.6 Å². The summed E-state index contributed by atoms with van der Waals surface area (Å²) in [6.07, 6.45) is 2.79. The molecule has 0 aliphatic rings. The molecule has 0 saturated carbocycles. The van der Waals surface area contributed by atoms with Crippen molar-refractivity contribution in [2.24, 2.45) is 0 Å². The van der Waals surface area contributed by atoms with Crippen molar-refractivity contribution in [2.75, 3.05) is 11.9 Å². The van der Waals surface area contributed by atoms with Crippen molar-refractivity contribution >= 4 is 21.6 Å². The van der Waals surface area contributed by atoms with Crippen LogP contribution in [-0.2, 0) is 22.9 Å². The van der Waals surface area contributed by atoms with Gasteiger partial charge in [0.2, 0.25) is 10.0 Å². The van der Waals surface area contributed by atoms with E-state index in [0.717, 1.165) is 29.3 Å². The van der Waals surface area contributed by atoms with Gasteiger partial charge in [-0.25, -0.2) is 17.5 Å². The van der Waals surface area contributed by atoms with Crippen LogP contribution in [0.15, 0.2) is 53.9 Å². The third kappa shape index (κ3) is 4.81. The maximum atomic E-state index is 14.2. The minimum Gasteiger partial charge on any atom is -0.321 e. The molecule has 2 N–H and O–H groups in total. The zero-order valence-corrected chi connectivity index (χ0v) is 16.2. The molecular weight excluding hydrogens is 367 g/mol. The van der Waals surface area contributed by atoms with Gasteiger partial charge in [0, 0.05) is 12.2 Å². The Morgan fingerprint density at radius 1 is 1.15 bits per heavy atom. The van der Waals surface area contributed by atoms with Crippen LogP contribution in [0, 0.1) is 5.82 Å². The van der Waals surface area contributed by atoms with E-state index < -0.39 is 21.7 Å². The van der Waals surface area contributed by atoms with E-state index in [-0.39, 0.29) is 17.0 Å². The Bertz CT molecular complexity index is 933. The monoisotopic (exact) mass is 390 g/mol. The summed E-state index contributed by atoms with van der Waals surface area (Å²) in [5.74, 6) is -1.48. The molecule has 0 aliphatic carbocycles. The normalized spacial score (nSPS) is 11.2. The van der Waals surface area contributed by atoms with Gasteiger partial charge in [-0.15, -0.1) is 6.58 Å². The molecule has 5 nitrogen and oxygen atoms in total. The molecule has 144 valence electrons. The summed E-state index contributed by atoms with van der Waals surface area (Å²) in [4.78, 5) is 12.5. The zero-order valence-electron chi connectivity index (χ0n) is 15.4. The van der Waals surface area contributed by atoms with Gasteiger partial charge in [-0.2, -0.15) is 0 Å². The molecule has 2 aromatic rings. The number of anilines is 1. The van der Waals surface area contributed by atoms with E-state index in [2.05, 4.69) is 16.6 Å². The number of hydrogen-bond acceptors (Lipinski definition) is 3. The van der Waals surface area contributed by atoms with Crippen molar-refractivity contribution in [1.82, 2.24) is 4.72 Å². The van der Waals surface area contributed by atoms with E-state index >= 15 is 0 Å². The van der Waals surface area contributed by atoms with Crippen molar-refractivity contribution in [3.8, 4) is 0 Å². The highest BCUT2D eigenvalue weighted by atomic mass is 32.2. The highest BCUT2D eigenvalue weighted by Gasteiger charge is 2.20. The quantitative estimate of drug-likeness (QED) is 0.676. The van der Waals surface area contributed by atoms with Crippen molar-refractivity contribution in [3.63, 3.8) is 0 Å². The summed E-state index contributed by atoms with van der Waals surface area (Å²) < 4.78 is 41.0. The van der Waals surface area contributed by atoms with Gasteiger partial charge >= 0.3 is 0 Å². The van der Waals surface area contributed by atoms with E-state index in [9.17, 15) is 17.6 Å². The molecule has 0 heterocycles. The number of rotatable bonds is 8. The lowest BCUT2D eigenvalue weighted by Crippen LogP contribution is -2.24. The maximum absolute atomic E-state index is 14.2. The van der Waals surface area contributed by atoms with Gasteiger partial charge in [0.1, 0.15) is 5.82 Å². The van der Waals surface area contributed by atoms with Crippen LogP contribution in [-0.4, -0.2) is 20.9 Å². The number of nitrogens with one attached hydrogen (secondary N) is 2. The fourth-order valence-electron chi connectivity index (χ4n) is 2.68. The molecule has 0 aliphatic heterocycles. The Kier molecular flexibility index (Phi) is 6.87. The van der Waals surface area contributed by atoms with E-state index in [1.807, 2.05) is 32.0 Å². The van der Waals surface area contributed by atoms with Crippen LogP contribution in [0.1, 0.15) is 35.3 Å². The number of sulfonamides is 1. The summed E-state index contributed by atoms with van der Waals surface area (Å²) in [6.45, 7) is 7.40. The van der Waals surface area contributed by atoms with Crippen molar-refractivity contribution in [3.05, 3.63) is 71.6 Å². The first-order chi connectivity index (χ1) is 12.8. The number of para-hydroxylation sites is 1. The molecule has 27 heavy (non-hydrogen) atoms. The van der Waals surface area contributed by atoms with Crippen LogP contribution >= 0.6 is 0 Å². The lowest BCUT2D eigenvalue weighted by molar-refractivity contribution is 0.102. The minimum absolute atomic E-state index is 0.0327. The first-order valence-corrected chi connectivity index (χ1v) is 10.1. The molecule has 0 radical (unpaired) electrons. The molecule has 0 saturated heterocycles. The van der Waals surface area contributed by atoms with Crippen LogP contribution in [0.4, 0.5) is 10.1 Å². The van der Waals surface area contributed by atoms with Crippen LogP contribution in [0.2, 0.25) is 0 Å². The molecule has 0 atom stereocenters. The number of carbonyl (C=O) groups is 1. The Balaban J connectivity index is 2.40. The van der Waals surface area contributed by atoms with E-state index in [4.69, 9.17) is 0 Å². The minimum atomic E-state index is -3.86. The van der Waals surface area contributed by atoms with Gasteiger partial charge < -0.3 is 5.32 Å². The summed E-state index contributed by atoms with van der Waals surface area (Å²) >= 11 is 0. The largest absolute Gasteiger partial charge is 0.321 e. The summed E-state index contributed by atoms with van der Waals surface area (Å²) in [5.41, 5.74) is 2.17. The van der Waals surface area contributed by atoms with Crippen molar-refractivity contribution in [1.29, 1.82) is 0 Å². The number of hydrogen-bond donors (Lipinski definition) is 2. The fourth-order valence-corrected chi connectivity index (χ4v) is 3.71. The molecule has 0 bridgehead atoms. The van der Waals surface area contributed by atoms with Gasteiger partial charge in [-0.05, 0) is 42.2 Å². The Morgan fingerprint density at radius 2 is 1.78 bits per heavy atom. The molecule has 0 spiro atoms. The number of benzene rings is 2. The lowest BCUT2D eigenvalue weighted by Gasteiger charge is -2.15. The first-order valence-electron chi connectivity index (χ1n) is 8.66.